The summed E-state index contributed by atoms with van der Waals surface area (Å²) in [5.41, 5.74) is 1.12. The van der Waals surface area contributed by atoms with Gasteiger partial charge in [-0.3, -0.25) is 4.79 Å². The minimum atomic E-state index is -0.655. The maximum absolute atomic E-state index is 13.0. The first-order valence-corrected chi connectivity index (χ1v) is 13.3. The van der Waals surface area contributed by atoms with E-state index in [0.29, 0.717) is 28.4 Å². The van der Waals surface area contributed by atoms with E-state index in [-0.39, 0.29) is 17.8 Å². The molecule has 38 heavy (non-hydrogen) atoms. The zero-order chi connectivity index (χ0) is 27.1. The molecule has 202 valence electrons. The zero-order valence-corrected chi connectivity index (χ0v) is 22.8. The van der Waals surface area contributed by atoms with Crippen LogP contribution in [0, 0.1) is 0 Å². The molecular weight excluding hydrogens is 506 g/mol. The molecule has 1 saturated heterocycles. The minimum Gasteiger partial charge on any atom is -0.443 e. The summed E-state index contributed by atoms with van der Waals surface area (Å²) in [5, 5.41) is 11.7. The fourth-order valence-corrected chi connectivity index (χ4v) is 4.29. The van der Waals surface area contributed by atoms with Gasteiger partial charge in [0.05, 0.1) is 0 Å². The molecule has 2 aromatic carbocycles. The first kappa shape index (κ1) is 27.6. The lowest BCUT2D eigenvalue weighted by molar-refractivity contribution is 0.0571. The number of nitrogens with one attached hydrogen (secondary N) is 1. The van der Waals surface area contributed by atoms with Gasteiger partial charge in [0, 0.05) is 28.4 Å². The lowest BCUT2D eigenvalue weighted by Crippen LogP contribution is -2.39. The Morgan fingerprint density at radius 1 is 1.03 bits per heavy atom. The van der Waals surface area contributed by atoms with Crippen LogP contribution in [0.2, 0.25) is 5.02 Å². The molecule has 10 heteroatoms. The molecule has 9 nitrogen and oxygen atoms in total. The van der Waals surface area contributed by atoms with Gasteiger partial charge >= 0.3 is 12.1 Å². The van der Waals surface area contributed by atoms with Gasteiger partial charge in [-0.2, -0.15) is 0 Å². The highest BCUT2D eigenvalue weighted by molar-refractivity contribution is 6.30. The van der Waals surface area contributed by atoms with Gasteiger partial charge < -0.3 is 19.4 Å². The van der Waals surface area contributed by atoms with Gasteiger partial charge in [0.15, 0.2) is 0 Å². The Hall–Kier alpha value is -3.43. The number of piperidine rings is 1. The summed E-state index contributed by atoms with van der Waals surface area (Å²) in [6.07, 6.45) is 3.95. The van der Waals surface area contributed by atoms with E-state index < -0.39 is 11.7 Å². The van der Waals surface area contributed by atoms with Crippen LogP contribution in [-0.2, 0) is 4.74 Å². The van der Waals surface area contributed by atoms with Crippen LogP contribution in [0.4, 0.5) is 16.5 Å². The number of anilines is 2. The number of likely N-dealkylation sites (tertiary alicyclic amines) is 1. The van der Waals surface area contributed by atoms with Crippen LogP contribution in [0.3, 0.4) is 0 Å². The Balaban J connectivity index is 1.43. The molecule has 1 aliphatic heterocycles. The SMILES string of the molecule is CC(C)(C)OC(=O)N(CCCN1CCCCC1)c1nnc(-c2ccc(NC(=O)c3ccc(Cl)cc3)cc2)o1. The fraction of sp³-hybridized carbons (Fsp3) is 0.429. The predicted molar refractivity (Wildman–Crippen MR) is 148 cm³/mol. The monoisotopic (exact) mass is 539 g/mol. The average molecular weight is 540 g/mol. The van der Waals surface area contributed by atoms with Gasteiger partial charge in [-0.1, -0.05) is 23.1 Å². The summed E-state index contributed by atoms with van der Waals surface area (Å²) < 4.78 is 11.5. The first-order chi connectivity index (χ1) is 18.2. The highest BCUT2D eigenvalue weighted by Crippen LogP contribution is 2.25. The largest absolute Gasteiger partial charge is 0.443 e. The molecule has 2 amide bonds. The highest BCUT2D eigenvalue weighted by atomic mass is 35.5. The summed E-state index contributed by atoms with van der Waals surface area (Å²) in [6.45, 7) is 8.95. The van der Waals surface area contributed by atoms with Crippen LogP contribution in [0.1, 0.15) is 56.8 Å². The molecule has 1 aromatic heterocycles. The molecule has 2 heterocycles. The summed E-state index contributed by atoms with van der Waals surface area (Å²) in [7, 11) is 0. The summed E-state index contributed by atoms with van der Waals surface area (Å²) in [5.74, 6) is 0.0206. The van der Waals surface area contributed by atoms with Crippen molar-refractivity contribution in [2.24, 2.45) is 0 Å². The Morgan fingerprint density at radius 2 is 1.71 bits per heavy atom. The van der Waals surface area contributed by atoms with Crippen molar-refractivity contribution in [1.82, 2.24) is 15.1 Å². The van der Waals surface area contributed by atoms with Gasteiger partial charge in [0.2, 0.25) is 5.89 Å². The number of carbonyl (C=O) groups is 2. The van der Waals surface area contributed by atoms with Crippen molar-refractivity contribution in [3.8, 4) is 11.5 Å². The quantitative estimate of drug-likeness (QED) is 0.360. The average Bonchev–Trinajstić information content (AvgIpc) is 3.37. The summed E-state index contributed by atoms with van der Waals surface area (Å²) in [6, 6.07) is 13.8. The molecule has 1 aliphatic rings. The zero-order valence-electron chi connectivity index (χ0n) is 22.1. The van der Waals surface area contributed by atoms with Gasteiger partial charge in [-0.25, -0.2) is 9.69 Å². The Kier molecular flexibility index (Phi) is 9.01. The third kappa shape index (κ3) is 7.79. The van der Waals surface area contributed by atoms with E-state index in [2.05, 4.69) is 20.4 Å². The molecular formula is C28H34ClN5O4. The van der Waals surface area contributed by atoms with Crippen molar-refractivity contribution in [3.05, 3.63) is 59.1 Å². The lowest BCUT2D eigenvalue weighted by Gasteiger charge is -2.28. The van der Waals surface area contributed by atoms with Crippen molar-refractivity contribution >= 4 is 35.3 Å². The number of ether oxygens (including phenoxy) is 1. The number of nitrogens with zero attached hydrogens (tertiary/aromatic N) is 4. The highest BCUT2D eigenvalue weighted by Gasteiger charge is 2.27. The molecule has 0 spiro atoms. The Labute approximate surface area is 228 Å². The van der Waals surface area contributed by atoms with E-state index >= 15 is 0 Å². The number of hydrogen-bond donors (Lipinski definition) is 1. The van der Waals surface area contributed by atoms with Crippen LogP contribution in [-0.4, -0.2) is 58.9 Å². The molecule has 3 aromatic rings. The molecule has 0 aliphatic carbocycles. The van der Waals surface area contributed by atoms with Crippen LogP contribution < -0.4 is 10.2 Å². The Morgan fingerprint density at radius 3 is 2.37 bits per heavy atom. The Bertz CT molecular complexity index is 1220. The maximum atomic E-state index is 13.0. The van der Waals surface area contributed by atoms with Crippen molar-refractivity contribution in [2.45, 2.75) is 52.1 Å². The third-order valence-electron chi connectivity index (χ3n) is 6.06. The van der Waals surface area contributed by atoms with Crippen molar-refractivity contribution in [3.63, 3.8) is 0 Å². The van der Waals surface area contributed by atoms with Crippen LogP contribution in [0.25, 0.3) is 11.5 Å². The molecule has 0 unspecified atom stereocenters. The second kappa shape index (κ2) is 12.4. The summed E-state index contributed by atoms with van der Waals surface area (Å²) in [4.78, 5) is 29.3. The van der Waals surface area contributed by atoms with E-state index in [1.807, 2.05) is 20.8 Å². The number of amides is 2. The second-order valence-corrected chi connectivity index (χ2v) is 10.8. The predicted octanol–water partition coefficient (Wildman–Crippen LogP) is 6.26. The number of benzene rings is 2. The van der Waals surface area contributed by atoms with E-state index in [0.717, 1.165) is 26.1 Å². The fourth-order valence-electron chi connectivity index (χ4n) is 4.16. The van der Waals surface area contributed by atoms with Crippen molar-refractivity contribution in [1.29, 1.82) is 0 Å². The van der Waals surface area contributed by atoms with Gasteiger partial charge in [0.25, 0.3) is 5.91 Å². The number of rotatable bonds is 8. The number of carbonyl (C=O) groups excluding carboxylic acids is 2. The molecule has 0 atom stereocenters. The van der Waals surface area contributed by atoms with Gasteiger partial charge in [0.1, 0.15) is 5.60 Å². The molecule has 4 rings (SSSR count). The molecule has 1 fully saturated rings. The van der Waals surface area contributed by atoms with Gasteiger partial charge in [-0.05, 0) is 108 Å². The number of hydrogen-bond acceptors (Lipinski definition) is 7. The van der Waals surface area contributed by atoms with Crippen LogP contribution in [0.5, 0.6) is 0 Å². The van der Waals surface area contributed by atoms with Crippen LogP contribution in [0.15, 0.2) is 52.9 Å². The first-order valence-electron chi connectivity index (χ1n) is 12.9. The van der Waals surface area contributed by atoms with Crippen molar-refractivity contribution in [2.75, 3.05) is 36.4 Å². The third-order valence-corrected chi connectivity index (χ3v) is 6.31. The van der Waals surface area contributed by atoms with E-state index in [1.165, 1.54) is 24.2 Å². The topological polar surface area (TPSA) is 101 Å². The lowest BCUT2D eigenvalue weighted by atomic mass is 10.1. The molecule has 0 radical (unpaired) electrons. The molecule has 1 N–H and O–H groups in total. The van der Waals surface area contributed by atoms with E-state index in [4.69, 9.17) is 20.8 Å². The molecule has 0 bridgehead atoms. The van der Waals surface area contributed by atoms with E-state index in [9.17, 15) is 9.59 Å². The smallest absolute Gasteiger partial charge is 0.418 e. The second-order valence-electron chi connectivity index (χ2n) is 10.3. The number of aromatic nitrogens is 2. The number of halogens is 1. The van der Waals surface area contributed by atoms with Gasteiger partial charge in [-0.15, -0.1) is 5.10 Å². The van der Waals surface area contributed by atoms with E-state index in [1.54, 1.807) is 48.5 Å². The van der Waals surface area contributed by atoms with Crippen LogP contribution >= 0.6 is 11.6 Å². The molecule has 0 saturated carbocycles. The normalized spacial score (nSPS) is 14.2. The minimum absolute atomic E-state index is 0.0908. The summed E-state index contributed by atoms with van der Waals surface area (Å²) >= 11 is 5.89. The maximum Gasteiger partial charge on any atom is 0.418 e. The van der Waals surface area contributed by atoms with Crippen molar-refractivity contribution < 1.29 is 18.7 Å². The standard InChI is InChI=1S/C28H34ClN5O4/c1-28(2,3)38-27(36)34(19-7-18-33-16-5-4-6-17-33)26-32-31-25(37-26)21-10-14-23(15-11-21)30-24(35)20-8-12-22(29)13-9-20/h8-15H,4-7,16-19H2,1-3H3,(H,30,35).